The molecule has 0 fully saturated rings. The van der Waals surface area contributed by atoms with E-state index in [9.17, 15) is 9.59 Å². The molecule has 2 heterocycles. The van der Waals surface area contributed by atoms with Gasteiger partial charge in [0.2, 0.25) is 0 Å². The summed E-state index contributed by atoms with van der Waals surface area (Å²) in [4.78, 5) is 28.8. The number of nitrogens with zero attached hydrogens (tertiary/aromatic N) is 1. The van der Waals surface area contributed by atoms with Crippen molar-refractivity contribution in [3.63, 3.8) is 0 Å². The second-order valence-corrected chi connectivity index (χ2v) is 6.03. The smallest absolute Gasteiger partial charge is 0.338 e. The SMILES string of the molecule is CCC(=O)OC1(C(=O)NCCc2cccc(N)n2)Cc2ccccc2O1. The molecule has 3 rings (SSSR count). The number of anilines is 1. The molecule has 1 atom stereocenters. The lowest BCUT2D eigenvalue weighted by Crippen LogP contribution is -2.54. The van der Waals surface area contributed by atoms with Crippen molar-refractivity contribution in [2.45, 2.75) is 32.0 Å². The van der Waals surface area contributed by atoms with Crippen LogP contribution in [0.15, 0.2) is 42.5 Å². The van der Waals surface area contributed by atoms with Gasteiger partial charge in [-0.3, -0.25) is 9.59 Å². The van der Waals surface area contributed by atoms with E-state index in [2.05, 4.69) is 10.3 Å². The van der Waals surface area contributed by atoms with E-state index in [4.69, 9.17) is 15.2 Å². The molecule has 1 unspecified atom stereocenters. The van der Waals surface area contributed by atoms with Gasteiger partial charge in [0.25, 0.3) is 0 Å². The molecule has 1 aromatic heterocycles. The summed E-state index contributed by atoms with van der Waals surface area (Å²) in [5.41, 5.74) is 7.24. The number of benzene rings is 1. The molecule has 0 saturated carbocycles. The molecule has 1 aliphatic rings. The molecule has 0 aliphatic carbocycles. The molecular formula is C19H21N3O4. The zero-order chi connectivity index (χ0) is 18.6. The first-order chi connectivity index (χ1) is 12.5. The number of amides is 1. The number of nitrogens with two attached hydrogens (primary N) is 1. The highest BCUT2D eigenvalue weighted by molar-refractivity contribution is 5.88. The standard InChI is InChI=1S/C19H21N3O4/c1-2-17(23)26-19(12-13-6-3-4-8-15(13)25-19)18(24)21-11-10-14-7-5-9-16(20)22-14/h3-9H,2,10-12H2,1H3,(H2,20,22)(H,21,24). The first-order valence-electron chi connectivity index (χ1n) is 8.51. The van der Waals surface area contributed by atoms with Gasteiger partial charge in [-0.2, -0.15) is 0 Å². The third-order valence-electron chi connectivity index (χ3n) is 4.08. The van der Waals surface area contributed by atoms with Crippen LogP contribution in [-0.2, 0) is 27.2 Å². The molecule has 0 bridgehead atoms. The Morgan fingerprint density at radius 3 is 2.81 bits per heavy atom. The summed E-state index contributed by atoms with van der Waals surface area (Å²) in [5, 5.41) is 2.78. The molecule has 0 saturated heterocycles. The van der Waals surface area contributed by atoms with E-state index < -0.39 is 17.7 Å². The van der Waals surface area contributed by atoms with Gasteiger partial charge in [0.1, 0.15) is 11.6 Å². The second-order valence-electron chi connectivity index (χ2n) is 6.03. The van der Waals surface area contributed by atoms with Crippen molar-refractivity contribution in [2.24, 2.45) is 0 Å². The van der Waals surface area contributed by atoms with Crippen molar-refractivity contribution < 1.29 is 19.1 Å². The number of hydrogen-bond donors (Lipinski definition) is 2. The van der Waals surface area contributed by atoms with E-state index in [1.807, 2.05) is 18.2 Å². The number of esters is 1. The minimum absolute atomic E-state index is 0.155. The highest BCUT2D eigenvalue weighted by Gasteiger charge is 2.50. The number of nitrogens with one attached hydrogen (secondary N) is 1. The molecule has 136 valence electrons. The van der Waals surface area contributed by atoms with Gasteiger partial charge >= 0.3 is 17.7 Å². The monoisotopic (exact) mass is 355 g/mol. The number of para-hydroxylation sites is 1. The van der Waals surface area contributed by atoms with Gasteiger partial charge in [-0.15, -0.1) is 0 Å². The highest BCUT2D eigenvalue weighted by atomic mass is 16.7. The van der Waals surface area contributed by atoms with Gasteiger partial charge in [-0.05, 0) is 18.2 Å². The van der Waals surface area contributed by atoms with E-state index in [-0.39, 0.29) is 12.8 Å². The lowest BCUT2D eigenvalue weighted by Gasteiger charge is -2.27. The molecule has 7 heteroatoms. The minimum atomic E-state index is -1.67. The summed E-state index contributed by atoms with van der Waals surface area (Å²) in [6.07, 6.45) is 0.834. The Bertz CT molecular complexity index is 797. The predicted octanol–water partition coefficient (Wildman–Crippen LogP) is 1.61. The number of aromatic nitrogens is 1. The summed E-state index contributed by atoms with van der Waals surface area (Å²) < 4.78 is 11.2. The van der Waals surface area contributed by atoms with Crippen LogP contribution in [0.2, 0.25) is 0 Å². The topological polar surface area (TPSA) is 104 Å². The van der Waals surface area contributed by atoms with Crippen molar-refractivity contribution in [1.82, 2.24) is 10.3 Å². The third kappa shape index (κ3) is 3.77. The Balaban J connectivity index is 1.69. The van der Waals surface area contributed by atoms with Crippen LogP contribution in [0.5, 0.6) is 5.75 Å². The maximum atomic E-state index is 12.8. The number of rotatable bonds is 6. The van der Waals surface area contributed by atoms with Gasteiger partial charge in [0.05, 0.1) is 6.42 Å². The zero-order valence-electron chi connectivity index (χ0n) is 14.5. The first-order valence-corrected chi connectivity index (χ1v) is 8.51. The molecular weight excluding hydrogens is 334 g/mol. The molecule has 1 amide bonds. The summed E-state index contributed by atoms with van der Waals surface area (Å²) in [7, 11) is 0. The average Bonchev–Trinajstić information content (AvgIpc) is 3.01. The highest BCUT2D eigenvalue weighted by Crippen LogP contribution is 2.36. The molecule has 2 aromatic rings. The normalized spacial score (nSPS) is 17.9. The number of hydrogen-bond acceptors (Lipinski definition) is 6. The fourth-order valence-corrected chi connectivity index (χ4v) is 2.78. The Labute approximate surface area is 151 Å². The van der Waals surface area contributed by atoms with Gasteiger partial charge in [0.15, 0.2) is 0 Å². The van der Waals surface area contributed by atoms with Crippen molar-refractivity contribution in [2.75, 3.05) is 12.3 Å². The van der Waals surface area contributed by atoms with Gasteiger partial charge in [-0.1, -0.05) is 31.2 Å². The van der Waals surface area contributed by atoms with Crippen LogP contribution in [0.3, 0.4) is 0 Å². The number of fused-ring (bicyclic) bond motifs is 1. The molecule has 1 aliphatic heterocycles. The Morgan fingerprint density at radius 2 is 2.08 bits per heavy atom. The van der Waals surface area contributed by atoms with Gasteiger partial charge < -0.3 is 20.5 Å². The lowest BCUT2D eigenvalue weighted by molar-refractivity contribution is -0.198. The van der Waals surface area contributed by atoms with E-state index in [1.165, 1.54) is 0 Å². The minimum Gasteiger partial charge on any atom is -0.444 e. The Kier molecular flexibility index (Phi) is 5.06. The maximum Gasteiger partial charge on any atom is 0.338 e. The van der Waals surface area contributed by atoms with Crippen LogP contribution in [0, 0.1) is 0 Å². The average molecular weight is 355 g/mol. The maximum absolute atomic E-state index is 12.8. The van der Waals surface area contributed by atoms with Crippen LogP contribution in [0.1, 0.15) is 24.6 Å². The molecule has 0 spiro atoms. The molecule has 1 aromatic carbocycles. The fourth-order valence-electron chi connectivity index (χ4n) is 2.78. The summed E-state index contributed by atoms with van der Waals surface area (Å²) >= 11 is 0. The van der Waals surface area contributed by atoms with Crippen LogP contribution in [0.4, 0.5) is 5.82 Å². The van der Waals surface area contributed by atoms with Crippen LogP contribution in [0.25, 0.3) is 0 Å². The van der Waals surface area contributed by atoms with Crippen molar-refractivity contribution >= 4 is 17.7 Å². The predicted molar refractivity (Wildman–Crippen MR) is 95.3 cm³/mol. The Morgan fingerprint density at radius 1 is 1.27 bits per heavy atom. The van der Waals surface area contributed by atoms with Crippen molar-refractivity contribution in [1.29, 1.82) is 0 Å². The molecule has 26 heavy (non-hydrogen) atoms. The van der Waals surface area contributed by atoms with Gasteiger partial charge in [0, 0.05) is 30.6 Å². The van der Waals surface area contributed by atoms with E-state index in [0.717, 1.165) is 11.3 Å². The zero-order valence-corrected chi connectivity index (χ0v) is 14.5. The number of carbonyl (C=O) groups is 2. The van der Waals surface area contributed by atoms with E-state index in [1.54, 1.807) is 31.2 Å². The third-order valence-corrected chi connectivity index (χ3v) is 4.08. The first kappa shape index (κ1) is 17.7. The fraction of sp³-hybridized carbons (Fsp3) is 0.316. The van der Waals surface area contributed by atoms with Crippen molar-refractivity contribution in [3.05, 3.63) is 53.7 Å². The largest absolute Gasteiger partial charge is 0.444 e. The lowest BCUT2D eigenvalue weighted by atomic mass is 10.1. The van der Waals surface area contributed by atoms with Crippen LogP contribution < -0.4 is 15.8 Å². The number of ether oxygens (including phenoxy) is 2. The van der Waals surface area contributed by atoms with Crippen molar-refractivity contribution in [3.8, 4) is 5.75 Å². The summed E-state index contributed by atoms with van der Waals surface area (Å²) in [6.45, 7) is 1.99. The quantitative estimate of drug-likeness (QED) is 0.763. The number of carbonyl (C=O) groups excluding carboxylic acids is 2. The van der Waals surface area contributed by atoms with E-state index >= 15 is 0 Å². The second kappa shape index (κ2) is 7.43. The number of pyridine rings is 1. The molecule has 3 N–H and O–H groups in total. The van der Waals surface area contributed by atoms with Crippen LogP contribution >= 0.6 is 0 Å². The Hall–Kier alpha value is -3.09. The van der Waals surface area contributed by atoms with Gasteiger partial charge in [-0.25, -0.2) is 4.98 Å². The number of nitrogen functional groups attached to an aromatic ring is 1. The summed E-state index contributed by atoms with van der Waals surface area (Å²) in [6, 6.07) is 12.6. The van der Waals surface area contributed by atoms with E-state index in [0.29, 0.717) is 24.5 Å². The summed E-state index contributed by atoms with van der Waals surface area (Å²) in [5.74, 6) is -1.68. The van der Waals surface area contributed by atoms with Crippen LogP contribution in [-0.4, -0.2) is 29.2 Å². The molecule has 0 radical (unpaired) electrons. The molecule has 7 nitrogen and oxygen atoms in total.